The first-order valence-electron chi connectivity index (χ1n) is 13.8. The number of benzene rings is 1. The first-order chi connectivity index (χ1) is 19.5. The van der Waals surface area contributed by atoms with Crippen LogP contribution in [0.15, 0.2) is 48.7 Å². The van der Waals surface area contributed by atoms with Gasteiger partial charge in [0, 0.05) is 48.9 Å². The van der Waals surface area contributed by atoms with Gasteiger partial charge in [0.25, 0.3) is 0 Å². The molecule has 1 N–H and O–H groups in total. The second-order valence-corrected chi connectivity index (χ2v) is 10.9. The summed E-state index contributed by atoms with van der Waals surface area (Å²) < 4.78 is 25.1. The van der Waals surface area contributed by atoms with Gasteiger partial charge in [0.15, 0.2) is 0 Å². The van der Waals surface area contributed by atoms with Gasteiger partial charge in [-0.1, -0.05) is 23.4 Å². The molecule has 2 aliphatic rings. The largest absolute Gasteiger partial charge is 0.381 e. The van der Waals surface area contributed by atoms with Crippen molar-refractivity contribution in [3.63, 3.8) is 0 Å². The van der Waals surface area contributed by atoms with Gasteiger partial charge in [0.1, 0.15) is 17.3 Å². The van der Waals surface area contributed by atoms with E-state index in [-0.39, 0.29) is 29.6 Å². The van der Waals surface area contributed by atoms with Gasteiger partial charge in [-0.25, -0.2) is 14.1 Å². The number of halogens is 1. The fourth-order valence-electron chi connectivity index (χ4n) is 6.04. The number of rotatable bonds is 6. The number of aromatic nitrogens is 6. The molecule has 5 aromatic rings. The Balaban J connectivity index is 1.50. The van der Waals surface area contributed by atoms with E-state index in [0.717, 1.165) is 59.1 Å². The van der Waals surface area contributed by atoms with Crippen LogP contribution in [0.1, 0.15) is 43.0 Å². The maximum absolute atomic E-state index is 15.6. The van der Waals surface area contributed by atoms with Crippen LogP contribution >= 0.6 is 0 Å². The van der Waals surface area contributed by atoms with Crippen molar-refractivity contribution in [1.29, 1.82) is 0 Å². The summed E-state index contributed by atoms with van der Waals surface area (Å²) in [6, 6.07) is 12.5. The number of hydrogen-bond donors (Lipinski definition) is 1. The van der Waals surface area contributed by atoms with Crippen LogP contribution in [0, 0.1) is 24.6 Å². The van der Waals surface area contributed by atoms with Crippen LogP contribution in [0.4, 0.5) is 10.2 Å². The molecule has 1 aliphatic carbocycles. The molecule has 2 fully saturated rings. The number of anilines is 1. The number of hydrogen-bond acceptors (Lipinski definition) is 6. The zero-order valence-corrected chi connectivity index (χ0v) is 22.5. The van der Waals surface area contributed by atoms with E-state index in [9.17, 15) is 4.79 Å². The van der Waals surface area contributed by atoms with Crippen molar-refractivity contribution in [2.75, 3.05) is 18.5 Å². The van der Waals surface area contributed by atoms with Gasteiger partial charge in [0.2, 0.25) is 5.91 Å². The fraction of sp³-hybridized carbons (Fsp3) is 0.367. The number of ether oxygens (including phenoxy) is 1. The SMILES string of the molecule is Cc1nnn(C)c1-c1cnc2c3ccc(NC(=O)C4CC4)nc3n([C@H](c3ccccc3F)C3CCOCC3)c2c1. The van der Waals surface area contributed by atoms with E-state index >= 15 is 4.39 Å². The Morgan fingerprint density at radius 2 is 1.93 bits per heavy atom. The molecule has 1 saturated heterocycles. The number of aryl methyl sites for hydroxylation is 2. The third kappa shape index (κ3) is 4.23. The van der Waals surface area contributed by atoms with Crippen molar-refractivity contribution in [2.24, 2.45) is 18.9 Å². The van der Waals surface area contributed by atoms with Crippen molar-refractivity contribution in [3.8, 4) is 11.3 Å². The lowest BCUT2D eigenvalue weighted by Gasteiger charge is -2.33. The standard InChI is InChI=1S/C30H30FN7O2/c1-17-27(37(2)36-35-17)20-15-24-26(32-16-20)22-9-10-25(34-30(39)19-7-8-19)33-29(22)38(24)28(18-11-13-40-14-12-18)21-5-3-4-6-23(21)31/h3-6,9-10,15-16,18-19,28H,7-8,11-14H2,1-2H3,(H,33,34,39)/t28-/m0/s1. The van der Waals surface area contributed by atoms with Crippen LogP contribution in [0.3, 0.4) is 0 Å². The summed E-state index contributed by atoms with van der Waals surface area (Å²) in [6.07, 6.45) is 5.21. The molecule has 1 saturated carbocycles. The van der Waals surface area contributed by atoms with Crippen molar-refractivity contribution < 1.29 is 13.9 Å². The second-order valence-electron chi connectivity index (χ2n) is 10.9. The number of carbonyl (C=O) groups is 1. The quantitative estimate of drug-likeness (QED) is 0.319. The smallest absolute Gasteiger partial charge is 0.228 e. The molecule has 1 aromatic carbocycles. The molecule has 9 nitrogen and oxygen atoms in total. The second kappa shape index (κ2) is 9.78. The van der Waals surface area contributed by atoms with Crippen LogP contribution in [0.5, 0.6) is 0 Å². The molecular formula is C30H30FN7O2. The molecular weight excluding hydrogens is 509 g/mol. The summed E-state index contributed by atoms with van der Waals surface area (Å²) in [5.74, 6) is 0.378. The molecule has 1 amide bonds. The summed E-state index contributed by atoms with van der Waals surface area (Å²) in [5, 5.41) is 12.2. The maximum Gasteiger partial charge on any atom is 0.228 e. The third-order valence-corrected chi connectivity index (χ3v) is 8.17. The Bertz CT molecular complexity index is 1730. The minimum absolute atomic E-state index is 0.0100. The molecule has 10 heteroatoms. The van der Waals surface area contributed by atoms with E-state index < -0.39 is 0 Å². The molecule has 4 aromatic heterocycles. The number of nitrogens with one attached hydrogen (secondary N) is 1. The zero-order valence-electron chi connectivity index (χ0n) is 22.5. The minimum Gasteiger partial charge on any atom is -0.381 e. The highest BCUT2D eigenvalue weighted by Gasteiger charge is 2.33. The van der Waals surface area contributed by atoms with E-state index in [1.165, 1.54) is 6.07 Å². The number of amides is 1. The molecule has 0 radical (unpaired) electrons. The van der Waals surface area contributed by atoms with Gasteiger partial charge in [-0.15, -0.1) is 5.10 Å². The summed E-state index contributed by atoms with van der Waals surface area (Å²) in [6.45, 7) is 3.15. The van der Waals surface area contributed by atoms with Gasteiger partial charge < -0.3 is 14.6 Å². The predicted molar refractivity (Wildman–Crippen MR) is 149 cm³/mol. The van der Waals surface area contributed by atoms with Gasteiger partial charge in [-0.2, -0.15) is 0 Å². The van der Waals surface area contributed by atoms with Crippen LogP contribution in [0.2, 0.25) is 0 Å². The van der Waals surface area contributed by atoms with Gasteiger partial charge in [-0.05, 0) is 62.8 Å². The van der Waals surface area contributed by atoms with Crippen LogP contribution < -0.4 is 5.32 Å². The van der Waals surface area contributed by atoms with Crippen molar-refractivity contribution in [2.45, 2.75) is 38.6 Å². The number of pyridine rings is 2. The zero-order chi connectivity index (χ0) is 27.4. The molecule has 5 heterocycles. The third-order valence-electron chi connectivity index (χ3n) is 8.17. The number of carbonyl (C=O) groups excluding carboxylic acids is 1. The molecule has 0 spiro atoms. The van der Waals surface area contributed by atoms with E-state index in [4.69, 9.17) is 14.7 Å². The van der Waals surface area contributed by atoms with Gasteiger partial charge in [-0.3, -0.25) is 9.78 Å². The minimum atomic E-state index is -0.352. The van der Waals surface area contributed by atoms with Gasteiger partial charge >= 0.3 is 0 Å². The summed E-state index contributed by atoms with van der Waals surface area (Å²) in [5.41, 5.74) is 5.40. The Hall–Kier alpha value is -4.18. The maximum atomic E-state index is 15.6. The highest BCUT2D eigenvalue weighted by Crippen LogP contribution is 2.42. The first-order valence-corrected chi connectivity index (χ1v) is 13.8. The average Bonchev–Trinajstić information content (AvgIpc) is 3.71. The predicted octanol–water partition coefficient (Wildman–Crippen LogP) is 5.19. The Morgan fingerprint density at radius 1 is 1.12 bits per heavy atom. The Labute approximate surface area is 230 Å². The van der Waals surface area contributed by atoms with E-state index in [2.05, 4.69) is 26.3 Å². The normalized spacial score (nSPS) is 17.0. The van der Waals surface area contributed by atoms with Crippen molar-refractivity contribution >= 4 is 33.8 Å². The van der Waals surface area contributed by atoms with Crippen LogP contribution in [0.25, 0.3) is 33.3 Å². The van der Waals surface area contributed by atoms with Crippen LogP contribution in [-0.2, 0) is 16.6 Å². The van der Waals surface area contributed by atoms with Crippen molar-refractivity contribution in [1.82, 2.24) is 29.5 Å². The number of fused-ring (bicyclic) bond motifs is 3. The highest BCUT2D eigenvalue weighted by atomic mass is 19.1. The molecule has 1 aliphatic heterocycles. The van der Waals surface area contributed by atoms with E-state index in [0.29, 0.717) is 30.2 Å². The Morgan fingerprint density at radius 3 is 2.65 bits per heavy atom. The lowest BCUT2D eigenvalue weighted by atomic mass is 9.86. The van der Waals surface area contributed by atoms with Crippen LogP contribution in [-0.4, -0.2) is 48.6 Å². The molecule has 0 unspecified atom stereocenters. The Kier molecular flexibility index (Phi) is 6.07. The molecule has 0 bridgehead atoms. The first kappa shape index (κ1) is 24.8. The topological polar surface area (TPSA) is 99.8 Å². The molecule has 204 valence electrons. The van der Waals surface area contributed by atoms with Gasteiger partial charge in [0.05, 0.1) is 28.5 Å². The van der Waals surface area contributed by atoms with E-state index in [1.54, 1.807) is 10.7 Å². The molecule has 7 rings (SSSR count). The summed E-state index contributed by atoms with van der Waals surface area (Å²) in [4.78, 5) is 22.5. The van der Waals surface area contributed by atoms with E-state index in [1.807, 2.05) is 44.4 Å². The summed E-state index contributed by atoms with van der Waals surface area (Å²) in [7, 11) is 1.86. The fourth-order valence-corrected chi connectivity index (χ4v) is 6.04. The van der Waals surface area contributed by atoms with Crippen molar-refractivity contribution in [3.05, 3.63) is 65.7 Å². The monoisotopic (exact) mass is 539 g/mol. The lowest BCUT2D eigenvalue weighted by Crippen LogP contribution is -2.27. The lowest BCUT2D eigenvalue weighted by molar-refractivity contribution is -0.117. The average molecular weight is 540 g/mol. The molecule has 1 atom stereocenters. The highest BCUT2D eigenvalue weighted by molar-refractivity contribution is 6.06. The summed E-state index contributed by atoms with van der Waals surface area (Å²) >= 11 is 0. The number of nitrogens with zero attached hydrogens (tertiary/aromatic N) is 6. The molecule has 40 heavy (non-hydrogen) atoms.